The maximum atomic E-state index is 12.3. The van der Waals surface area contributed by atoms with Crippen LogP contribution in [-0.2, 0) is 20.9 Å². The van der Waals surface area contributed by atoms with Crippen LogP contribution in [0.3, 0.4) is 0 Å². The lowest BCUT2D eigenvalue weighted by Gasteiger charge is -2.28. The summed E-state index contributed by atoms with van der Waals surface area (Å²) >= 11 is 0. The largest absolute Gasteiger partial charge is 0.479 e. The first-order valence-corrected chi connectivity index (χ1v) is 7.48. The summed E-state index contributed by atoms with van der Waals surface area (Å²) < 4.78 is 5.05. The summed E-state index contributed by atoms with van der Waals surface area (Å²) in [5.74, 6) is -1.32. The standard InChI is InChI=1S/C17H25NO4/c1-12(2)10-15(17(21)22-13(3)16(19)20)18(4)11-14-8-6-5-7-9-14/h5-9,12-13,15H,10-11H2,1-4H3,(H,19,20)/t13-,15+/m1/s1. The molecule has 5 heteroatoms. The van der Waals surface area contributed by atoms with Crippen LogP contribution in [0.15, 0.2) is 30.3 Å². The second-order valence-electron chi connectivity index (χ2n) is 5.96. The highest BCUT2D eigenvalue weighted by Gasteiger charge is 2.28. The molecule has 22 heavy (non-hydrogen) atoms. The predicted octanol–water partition coefficient (Wildman–Crippen LogP) is 2.55. The van der Waals surface area contributed by atoms with Gasteiger partial charge in [0, 0.05) is 6.54 Å². The van der Waals surface area contributed by atoms with Crippen molar-refractivity contribution in [3.63, 3.8) is 0 Å². The van der Waals surface area contributed by atoms with Crippen molar-refractivity contribution in [2.24, 2.45) is 5.92 Å². The van der Waals surface area contributed by atoms with Crippen LogP contribution in [0.2, 0.25) is 0 Å². The van der Waals surface area contributed by atoms with Gasteiger partial charge in [0.15, 0.2) is 6.10 Å². The summed E-state index contributed by atoms with van der Waals surface area (Å²) in [5, 5.41) is 8.88. The van der Waals surface area contributed by atoms with Crippen molar-refractivity contribution in [3.8, 4) is 0 Å². The van der Waals surface area contributed by atoms with Gasteiger partial charge in [0.1, 0.15) is 6.04 Å². The van der Waals surface area contributed by atoms with Crippen molar-refractivity contribution < 1.29 is 19.4 Å². The van der Waals surface area contributed by atoms with Gasteiger partial charge in [0.05, 0.1) is 0 Å². The third kappa shape index (κ3) is 5.85. The molecule has 1 N–H and O–H groups in total. The van der Waals surface area contributed by atoms with Gasteiger partial charge in [-0.05, 0) is 31.9 Å². The Morgan fingerprint density at radius 3 is 2.27 bits per heavy atom. The monoisotopic (exact) mass is 307 g/mol. The van der Waals surface area contributed by atoms with Crippen LogP contribution in [0.25, 0.3) is 0 Å². The van der Waals surface area contributed by atoms with Crippen molar-refractivity contribution in [1.29, 1.82) is 0 Å². The molecule has 0 spiro atoms. The van der Waals surface area contributed by atoms with E-state index in [9.17, 15) is 9.59 Å². The number of esters is 1. The van der Waals surface area contributed by atoms with Crippen molar-refractivity contribution >= 4 is 11.9 Å². The molecular formula is C17H25NO4. The first kappa shape index (κ1) is 18.2. The molecule has 1 aromatic rings. The van der Waals surface area contributed by atoms with Crippen molar-refractivity contribution in [3.05, 3.63) is 35.9 Å². The lowest BCUT2D eigenvalue weighted by atomic mass is 10.0. The topological polar surface area (TPSA) is 66.8 Å². The van der Waals surface area contributed by atoms with Gasteiger partial charge in [-0.1, -0.05) is 44.2 Å². The van der Waals surface area contributed by atoms with E-state index in [1.165, 1.54) is 6.92 Å². The highest BCUT2D eigenvalue weighted by Crippen LogP contribution is 2.16. The second-order valence-corrected chi connectivity index (χ2v) is 5.96. The highest BCUT2D eigenvalue weighted by molar-refractivity contribution is 5.80. The quantitative estimate of drug-likeness (QED) is 0.748. The molecule has 1 aromatic carbocycles. The Balaban J connectivity index is 2.78. The third-order valence-electron chi connectivity index (χ3n) is 3.41. The van der Waals surface area contributed by atoms with Crippen LogP contribution in [0.4, 0.5) is 0 Å². The molecule has 5 nitrogen and oxygen atoms in total. The number of likely N-dealkylation sites (N-methyl/N-ethyl adjacent to an activating group) is 1. The Labute approximate surface area is 131 Å². The maximum Gasteiger partial charge on any atom is 0.344 e. The summed E-state index contributed by atoms with van der Waals surface area (Å²) in [6, 6.07) is 9.37. The predicted molar refractivity (Wildman–Crippen MR) is 84.3 cm³/mol. The molecule has 0 radical (unpaired) electrons. The van der Waals surface area contributed by atoms with E-state index in [0.717, 1.165) is 5.56 Å². The first-order valence-electron chi connectivity index (χ1n) is 7.48. The lowest BCUT2D eigenvalue weighted by molar-refractivity contribution is -0.166. The fourth-order valence-electron chi connectivity index (χ4n) is 2.19. The van der Waals surface area contributed by atoms with Gasteiger partial charge in [-0.3, -0.25) is 9.69 Å². The number of carboxylic acids is 1. The Bertz CT molecular complexity index is 487. The summed E-state index contributed by atoms with van der Waals surface area (Å²) in [4.78, 5) is 25.1. The van der Waals surface area contributed by atoms with Crippen molar-refractivity contribution in [1.82, 2.24) is 4.90 Å². The Morgan fingerprint density at radius 2 is 1.77 bits per heavy atom. The maximum absolute atomic E-state index is 12.3. The zero-order valence-electron chi connectivity index (χ0n) is 13.7. The highest BCUT2D eigenvalue weighted by atomic mass is 16.6. The van der Waals surface area contributed by atoms with E-state index >= 15 is 0 Å². The number of hydrogen-bond donors (Lipinski definition) is 1. The van der Waals surface area contributed by atoms with E-state index in [0.29, 0.717) is 18.9 Å². The average Bonchev–Trinajstić information content (AvgIpc) is 2.45. The van der Waals surface area contributed by atoms with Gasteiger partial charge in [-0.15, -0.1) is 0 Å². The first-order chi connectivity index (χ1) is 10.3. The number of aliphatic carboxylic acids is 1. The van der Waals surface area contributed by atoms with Crippen LogP contribution in [0, 0.1) is 5.92 Å². The van der Waals surface area contributed by atoms with Crippen molar-refractivity contribution in [2.75, 3.05) is 7.05 Å². The molecule has 0 aliphatic heterocycles. The SMILES string of the molecule is CC(C)C[C@@H](C(=O)O[C@H](C)C(=O)O)N(C)Cc1ccccc1. The average molecular weight is 307 g/mol. The smallest absolute Gasteiger partial charge is 0.344 e. The molecule has 0 saturated carbocycles. The summed E-state index contributed by atoms with van der Waals surface area (Å²) in [7, 11) is 1.85. The minimum atomic E-state index is -1.14. The number of rotatable bonds is 8. The number of nitrogens with zero attached hydrogens (tertiary/aromatic N) is 1. The molecule has 0 unspecified atom stereocenters. The molecule has 2 atom stereocenters. The number of ether oxygens (including phenoxy) is 1. The van der Waals surface area contributed by atoms with Crippen molar-refractivity contribution in [2.45, 2.75) is 45.9 Å². The number of benzene rings is 1. The van der Waals surface area contributed by atoms with Gasteiger partial charge in [-0.2, -0.15) is 0 Å². The second kappa shape index (κ2) is 8.54. The molecule has 0 bridgehead atoms. The number of carboxylic acid groups (broad SMARTS) is 1. The minimum absolute atomic E-state index is 0.302. The zero-order valence-corrected chi connectivity index (χ0v) is 13.7. The Kier molecular flexibility index (Phi) is 7.05. The van der Waals surface area contributed by atoms with Gasteiger partial charge < -0.3 is 9.84 Å². The molecule has 0 aromatic heterocycles. The Morgan fingerprint density at radius 1 is 1.18 bits per heavy atom. The van der Waals surface area contributed by atoms with E-state index in [2.05, 4.69) is 0 Å². The number of carbonyl (C=O) groups is 2. The summed E-state index contributed by atoms with van der Waals surface area (Å²) in [6.07, 6.45) is -0.513. The van der Waals surface area contributed by atoms with Crippen LogP contribution in [-0.4, -0.2) is 41.1 Å². The molecule has 0 fully saturated rings. The molecule has 0 saturated heterocycles. The molecular weight excluding hydrogens is 282 g/mol. The van der Waals surface area contributed by atoms with Crippen LogP contribution in [0.1, 0.15) is 32.8 Å². The molecule has 0 amide bonds. The van der Waals surface area contributed by atoms with Gasteiger partial charge in [0.25, 0.3) is 0 Å². The zero-order chi connectivity index (χ0) is 16.7. The minimum Gasteiger partial charge on any atom is -0.479 e. The molecule has 0 aliphatic carbocycles. The fraction of sp³-hybridized carbons (Fsp3) is 0.529. The number of carbonyl (C=O) groups excluding carboxylic acids is 1. The van der Waals surface area contributed by atoms with Gasteiger partial charge in [-0.25, -0.2) is 4.79 Å². The Hall–Kier alpha value is -1.88. The van der Waals surface area contributed by atoms with Crippen LogP contribution >= 0.6 is 0 Å². The van der Waals surface area contributed by atoms with Gasteiger partial charge >= 0.3 is 11.9 Å². The van der Waals surface area contributed by atoms with Gasteiger partial charge in [0.2, 0.25) is 0 Å². The normalized spacial score (nSPS) is 13.9. The molecule has 122 valence electrons. The van der Waals surface area contributed by atoms with E-state index in [1.54, 1.807) is 0 Å². The van der Waals surface area contributed by atoms with E-state index < -0.39 is 24.1 Å². The molecule has 0 aliphatic rings. The third-order valence-corrected chi connectivity index (χ3v) is 3.41. The fourth-order valence-corrected chi connectivity index (χ4v) is 2.19. The van der Waals surface area contributed by atoms with E-state index in [-0.39, 0.29) is 0 Å². The van der Waals surface area contributed by atoms with Crippen LogP contribution in [0.5, 0.6) is 0 Å². The molecule has 1 rings (SSSR count). The number of hydrogen-bond acceptors (Lipinski definition) is 4. The molecule has 0 heterocycles. The summed E-state index contributed by atoms with van der Waals surface area (Å²) in [6.45, 7) is 6.02. The summed E-state index contributed by atoms with van der Waals surface area (Å²) in [5.41, 5.74) is 1.10. The van der Waals surface area contributed by atoms with E-state index in [4.69, 9.17) is 9.84 Å². The van der Waals surface area contributed by atoms with E-state index in [1.807, 2.05) is 56.1 Å². The van der Waals surface area contributed by atoms with Crippen LogP contribution < -0.4 is 0 Å². The lowest BCUT2D eigenvalue weighted by Crippen LogP contribution is -2.42.